The Kier molecular flexibility index (Phi) is 4.65. The van der Waals surface area contributed by atoms with E-state index in [9.17, 15) is 5.11 Å². The number of aliphatic hydroxyl groups is 1. The fraction of sp³-hybridized carbons (Fsp3) is 0.214. The van der Waals surface area contributed by atoms with Crippen molar-refractivity contribution in [3.05, 3.63) is 41.0 Å². The number of para-hydroxylation sites is 1. The molecule has 106 valence electrons. The van der Waals surface area contributed by atoms with Crippen LogP contribution < -0.4 is 14.2 Å². The molecule has 2 aromatic rings. The van der Waals surface area contributed by atoms with E-state index in [1.54, 1.807) is 24.3 Å². The van der Waals surface area contributed by atoms with Crippen LogP contribution in [-0.2, 0) is 6.61 Å². The first-order valence-electron chi connectivity index (χ1n) is 5.83. The summed E-state index contributed by atoms with van der Waals surface area (Å²) in [6, 6.07) is 6.86. The van der Waals surface area contributed by atoms with Crippen LogP contribution in [-0.4, -0.2) is 24.3 Å². The van der Waals surface area contributed by atoms with Crippen molar-refractivity contribution in [1.82, 2.24) is 4.98 Å². The number of aliphatic hydroxyl groups excluding tert-OH is 1. The molecule has 0 spiro atoms. The Hall–Kier alpha value is -1.98. The molecule has 0 fully saturated rings. The van der Waals surface area contributed by atoms with Gasteiger partial charge in [-0.2, -0.15) is 0 Å². The van der Waals surface area contributed by atoms with Crippen molar-refractivity contribution in [1.29, 1.82) is 0 Å². The molecule has 20 heavy (non-hydrogen) atoms. The van der Waals surface area contributed by atoms with Crippen molar-refractivity contribution in [2.75, 3.05) is 14.2 Å². The van der Waals surface area contributed by atoms with E-state index in [0.717, 1.165) is 0 Å². The molecule has 0 bridgehead atoms. The Balaban J connectivity index is 2.39. The molecular weight excluding hydrogens is 282 g/mol. The molecule has 0 atom stereocenters. The Labute approximate surface area is 121 Å². The summed E-state index contributed by atoms with van der Waals surface area (Å²) in [7, 11) is 3.08. The average Bonchev–Trinajstić information content (AvgIpc) is 2.49. The third kappa shape index (κ3) is 2.95. The number of nitrogens with zero attached hydrogens (tertiary/aromatic N) is 1. The van der Waals surface area contributed by atoms with Gasteiger partial charge in [0.2, 0.25) is 11.6 Å². The van der Waals surface area contributed by atoms with Gasteiger partial charge < -0.3 is 19.3 Å². The third-order valence-corrected chi connectivity index (χ3v) is 3.01. The molecule has 0 aliphatic heterocycles. The van der Waals surface area contributed by atoms with Gasteiger partial charge in [0.05, 0.1) is 25.8 Å². The van der Waals surface area contributed by atoms with Crippen LogP contribution in [0.4, 0.5) is 0 Å². The Bertz CT molecular complexity index is 581. The van der Waals surface area contributed by atoms with Crippen LogP contribution in [0.3, 0.4) is 0 Å². The van der Waals surface area contributed by atoms with Crippen LogP contribution in [0, 0.1) is 0 Å². The topological polar surface area (TPSA) is 60.8 Å². The summed E-state index contributed by atoms with van der Waals surface area (Å²) >= 11 is 5.89. The Morgan fingerprint density at radius 1 is 1.20 bits per heavy atom. The number of hydrogen-bond donors (Lipinski definition) is 1. The number of benzene rings is 1. The SMILES string of the molecule is COc1cccc(OC)c1Oc1cc(CO)c(Cl)cn1. The van der Waals surface area contributed by atoms with E-state index in [0.29, 0.717) is 33.7 Å². The molecule has 6 heteroatoms. The highest BCUT2D eigenvalue weighted by atomic mass is 35.5. The second-order valence-corrected chi connectivity index (χ2v) is 4.27. The number of hydrogen-bond acceptors (Lipinski definition) is 5. The highest BCUT2D eigenvalue weighted by molar-refractivity contribution is 6.31. The first-order chi connectivity index (χ1) is 9.69. The van der Waals surface area contributed by atoms with Crippen molar-refractivity contribution >= 4 is 11.6 Å². The second kappa shape index (κ2) is 6.45. The molecule has 0 unspecified atom stereocenters. The minimum absolute atomic E-state index is 0.194. The summed E-state index contributed by atoms with van der Waals surface area (Å²) in [5, 5.41) is 9.57. The zero-order valence-electron chi connectivity index (χ0n) is 11.1. The summed E-state index contributed by atoms with van der Waals surface area (Å²) in [6.45, 7) is -0.194. The lowest BCUT2D eigenvalue weighted by atomic mass is 10.2. The van der Waals surface area contributed by atoms with E-state index in [-0.39, 0.29) is 6.61 Å². The van der Waals surface area contributed by atoms with Crippen LogP contribution in [0.5, 0.6) is 23.1 Å². The summed E-state index contributed by atoms with van der Waals surface area (Å²) < 4.78 is 16.2. The number of pyridine rings is 1. The average molecular weight is 296 g/mol. The monoisotopic (exact) mass is 295 g/mol. The van der Waals surface area contributed by atoms with Gasteiger partial charge in [0.25, 0.3) is 0 Å². The van der Waals surface area contributed by atoms with Gasteiger partial charge in [-0.1, -0.05) is 17.7 Å². The normalized spacial score (nSPS) is 10.2. The molecule has 0 radical (unpaired) electrons. The van der Waals surface area contributed by atoms with Crippen molar-refractivity contribution in [2.45, 2.75) is 6.61 Å². The van der Waals surface area contributed by atoms with Gasteiger partial charge >= 0.3 is 0 Å². The third-order valence-electron chi connectivity index (χ3n) is 2.67. The fourth-order valence-corrected chi connectivity index (χ4v) is 1.82. The highest BCUT2D eigenvalue weighted by Crippen LogP contribution is 2.39. The van der Waals surface area contributed by atoms with Gasteiger partial charge in [-0.25, -0.2) is 4.98 Å². The lowest BCUT2D eigenvalue weighted by molar-refractivity contribution is 0.280. The van der Waals surface area contributed by atoms with Crippen molar-refractivity contribution in [3.63, 3.8) is 0 Å². The molecule has 0 aliphatic carbocycles. The van der Waals surface area contributed by atoms with Gasteiger partial charge in [0.1, 0.15) is 0 Å². The number of halogens is 1. The molecule has 5 nitrogen and oxygen atoms in total. The van der Waals surface area contributed by atoms with E-state index >= 15 is 0 Å². The van der Waals surface area contributed by atoms with Crippen LogP contribution in [0.25, 0.3) is 0 Å². The standard InChI is InChI=1S/C14H14ClNO4/c1-18-11-4-3-5-12(19-2)14(11)20-13-6-9(8-17)10(15)7-16-13/h3-7,17H,8H2,1-2H3. The summed E-state index contributed by atoms with van der Waals surface area (Å²) in [5.74, 6) is 1.75. The predicted molar refractivity (Wildman–Crippen MR) is 74.8 cm³/mol. The molecule has 0 saturated heterocycles. The van der Waals surface area contributed by atoms with Crippen molar-refractivity contribution in [2.24, 2.45) is 0 Å². The van der Waals surface area contributed by atoms with Gasteiger partial charge in [0, 0.05) is 17.8 Å². The van der Waals surface area contributed by atoms with E-state index in [2.05, 4.69) is 4.98 Å². The lowest BCUT2D eigenvalue weighted by Crippen LogP contribution is -1.97. The maximum Gasteiger partial charge on any atom is 0.220 e. The van der Waals surface area contributed by atoms with Gasteiger partial charge in [-0.3, -0.25) is 0 Å². The highest BCUT2D eigenvalue weighted by Gasteiger charge is 2.14. The van der Waals surface area contributed by atoms with Crippen molar-refractivity contribution < 1.29 is 19.3 Å². The molecule has 0 saturated carbocycles. The quantitative estimate of drug-likeness (QED) is 0.918. The van der Waals surface area contributed by atoms with Crippen molar-refractivity contribution in [3.8, 4) is 23.1 Å². The van der Waals surface area contributed by atoms with Crippen LogP contribution >= 0.6 is 11.6 Å². The minimum atomic E-state index is -0.194. The summed E-state index contributed by atoms with van der Waals surface area (Å²) in [6.07, 6.45) is 1.42. The van der Waals surface area contributed by atoms with Gasteiger partial charge in [-0.05, 0) is 12.1 Å². The van der Waals surface area contributed by atoms with Gasteiger partial charge in [-0.15, -0.1) is 0 Å². The van der Waals surface area contributed by atoms with E-state index < -0.39 is 0 Å². The number of methoxy groups -OCH3 is 2. The molecule has 1 heterocycles. The van der Waals surface area contributed by atoms with E-state index in [1.165, 1.54) is 20.4 Å². The van der Waals surface area contributed by atoms with Gasteiger partial charge in [0.15, 0.2) is 11.5 Å². The number of ether oxygens (including phenoxy) is 3. The number of aromatic nitrogens is 1. The minimum Gasteiger partial charge on any atom is -0.493 e. The smallest absolute Gasteiger partial charge is 0.220 e. The molecule has 1 aromatic carbocycles. The summed E-state index contributed by atoms with van der Waals surface area (Å²) in [5.41, 5.74) is 0.533. The molecule has 2 rings (SSSR count). The molecule has 1 N–H and O–H groups in total. The molecular formula is C14H14ClNO4. The predicted octanol–water partition coefficient (Wildman–Crippen LogP) is 3.04. The maximum atomic E-state index is 9.19. The van der Waals surface area contributed by atoms with Crippen LogP contribution in [0.15, 0.2) is 30.5 Å². The van der Waals surface area contributed by atoms with Crippen LogP contribution in [0.1, 0.15) is 5.56 Å². The first kappa shape index (κ1) is 14.4. The lowest BCUT2D eigenvalue weighted by Gasteiger charge is -2.13. The van der Waals surface area contributed by atoms with E-state index in [1.807, 2.05) is 0 Å². The Morgan fingerprint density at radius 3 is 2.40 bits per heavy atom. The summed E-state index contributed by atoms with van der Waals surface area (Å²) in [4.78, 5) is 4.06. The zero-order chi connectivity index (χ0) is 14.5. The van der Waals surface area contributed by atoms with E-state index in [4.69, 9.17) is 25.8 Å². The fourth-order valence-electron chi connectivity index (χ4n) is 1.66. The van der Waals surface area contributed by atoms with Crippen LogP contribution in [0.2, 0.25) is 5.02 Å². The molecule has 0 aliphatic rings. The molecule has 0 amide bonds. The first-order valence-corrected chi connectivity index (χ1v) is 6.21. The maximum absolute atomic E-state index is 9.19. The largest absolute Gasteiger partial charge is 0.493 e. The second-order valence-electron chi connectivity index (χ2n) is 3.87. The zero-order valence-corrected chi connectivity index (χ0v) is 11.8. The molecule has 1 aromatic heterocycles. The Morgan fingerprint density at radius 2 is 1.85 bits per heavy atom. The number of rotatable bonds is 5.